The molecule has 1 fully saturated rings. The minimum atomic E-state index is -0.799. The first-order chi connectivity index (χ1) is 7.59. The van der Waals surface area contributed by atoms with E-state index in [1.54, 1.807) is 0 Å². The Morgan fingerprint density at radius 2 is 2.00 bits per heavy atom. The summed E-state index contributed by atoms with van der Waals surface area (Å²) in [4.78, 5) is 23.9. The second kappa shape index (κ2) is 6.78. The van der Waals surface area contributed by atoms with Gasteiger partial charge in [0.05, 0.1) is 12.2 Å². The zero-order chi connectivity index (χ0) is 12.0. The van der Waals surface area contributed by atoms with Gasteiger partial charge in [-0.3, -0.25) is 9.59 Å². The molecular formula is C11H19NO3S. The molecule has 1 saturated heterocycles. The quantitative estimate of drug-likeness (QED) is 0.745. The third-order valence-corrected chi connectivity index (χ3v) is 3.77. The number of amides is 1. The highest BCUT2D eigenvalue weighted by Crippen LogP contribution is 2.17. The number of carbonyl (C=O) groups is 2. The van der Waals surface area contributed by atoms with E-state index in [-0.39, 0.29) is 12.3 Å². The first-order valence-corrected chi connectivity index (χ1v) is 6.82. The second-order valence-electron chi connectivity index (χ2n) is 4.26. The maximum absolute atomic E-state index is 11.7. The standard InChI is InChI=1S/C11H19NO3S/c1-9-2-5-12(6-3-9)10(13)8-16-7-4-11(14)15/h9H,2-8H2,1H3,(H,14,15). The van der Waals surface area contributed by atoms with Crippen LogP contribution in [0, 0.1) is 5.92 Å². The molecule has 92 valence electrons. The van der Waals surface area contributed by atoms with Gasteiger partial charge in [-0.25, -0.2) is 0 Å². The van der Waals surface area contributed by atoms with Crippen LogP contribution in [0.4, 0.5) is 0 Å². The number of nitrogens with zero attached hydrogens (tertiary/aromatic N) is 1. The zero-order valence-corrected chi connectivity index (χ0v) is 10.5. The normalized spacial score (nSPS) is 17.4. The van der Waals surface area contributed by atoms with Crippen molar-refractivity contribution in [1.82, 2.24) is 4.90 Å². The largest absolute Gasteiger partial charge is 0.481 e. The van der Waals surface area contributed by atoms with E-state index >= 15 is 0 Å². The molecule has 16 heavy (non-hydrogen) atoms. The zero-order valence-electron chi connectivity index (χ0n) is 9.65. The molecule has 0 bridgehead atoms. The molecule has 1 rings (SSSR count). The minimum Gasteiger partial charge on any atom is -0.481 e. The van der Waals surface area contributed by atoms with Crippen molar-refractivity contribution in [3.8, 4) is 0 Å². The van der Waals surface area contributed by atoms with Crippen molar-refractivity contribution in [2.75, 3.05) is 24.6 Å². The highest BCUT2D eigenvalue weighted by atomic mass is 32.2. The van der Waals surface area contributed by atoms with Crippen LogP contribution in [0.1, 0.15) is 26.2 Å². The summed E-state index contributed by atoms with van der Waals surface area (Å²) in [6, 6.07) is 0. The number of thioether (sulfide) groups is 1. The summed E-state index contributed by atoms with van der Waals surface area (Å²) in [7, 11) is 0. The van der Waals surface area contributed by atoms with Crippen molar-refractivity contribution in [2.24, 2.45) is 5.92 Å². The maximum atomic E-state index is 11.7. The van der Waals surface area contributed by atoms with Gasteiger partial charge in [0, 0.05) is 18.8 Å². The minimum absolute atomic E-state index is 0.134. The molecule has 0 saturated carbocycles. The maximum Gasteiger partial charge on any atom is 0.304 e. The van der Waals surface area contributed by atoms with E-state index in [1.807, 2.05) is 4.90 Å². The highest BCUT2D eigenvalue weighted by molar-refractivity contribution is 7.99. The van der Waals surface area contributed by atoms with Gasteiger partial charge in [-0.15, -0.1) is 0 Å². The summed E-state index contributed by atoms with van der Waals surface area (Å²) in [6.45, 7) is 3.93. The van der Waals surface area contributed by atoms with Crippen LogP contribution in [0.3, 0.4) is 0 Å². The number of hydrogen-bond acceptors (Lipinski definition) is 3. The Hall–Kier alpha value is -0.710. The van der Waals surface area contributed by atoms with Crippen LogP contribution in [0.25, 0.3) is 0 Å². The Morgan fingerprint density at radius 3 is 2.56 bits per heavy atom. The molecule has 0 spiro atoms. The van der Waals surface area contributed by atoms with Gasteiger partial charge in [-0.05, 0) is 18.8 Å². The first kappa shape index (κ1) is 13.4. The lowest BCUT2D eigenvalue weighted by Gasteiger charge is -2.30. The monoisotopic (exact) mass is 245 g/mol. The van der Waals surface area contributed by atoms with Gasteiger partial charge >= 0.3 is 5.97 Å². The van der Waals surface area contributed by atoms with Crippen molar-refractivity contribution in [1.29, 1.82) is 0 Å². The molecule has 1 amide bonds. The number of hydrogen-bond donors (Lipinski definition) is 1. The fourth-order valence-electron chi connectivity index (χ4n) is 1.67. The van der Waals surface area contributed by atoms with Crippen LogP contribution < -0.4 is 0 Å². The van der Waals surface area contributed by atoms with Crippen molar-refractivity contribution in [3.63, 3.8) is 0 Å². The molecule has 1 aliphatic heterocycles. The smallest absolute Gasteiger partial charge is 0.304 e. The lowest BCUT2D eigenvalue weighted by molar-refractivity contribution is -0.136. The second-order valence-corrected chi connectivity index (χ2v) is 5.36. The molecule has 0 unspecified atom stereocenters. The Bertz CT molecular complexity index is 250. The van der Waals surface area contributed by atoms with Gasteiger partial charge in [0.15, 0.2) is 0 Å². The van der Waals surface area contributed by atoms with Gasteiger partial charge in [0.2, 0.25) is 5.91 Å². The lowest BCUT2D eigenvalue weighted by atomic mass is 9.99. The van der Waals surface area contributed by atoms with E-state index in [0.717, 1.165) is 31.8 Å². The summed E-state index contributed by atoms with van der Waals surface area (Å²) >= 11 is 1.41. The molecule has 1 heterocycles. The van der Waals surface area contributed by atoms with E-state index in [2.05, 4.69) is 6.92 Å². The molecule has 4 nitrogen and oxygen atoms in total. The average molecular weight is 245 g/mol. The Kier molecular flexibility index (Phi) is 5.66. The molecule has 0 aromatic rings. The summed E-state index contributed by atoms with van der Waals surface area (Å²) in [5, 5.41) is 8.45. The predicted molar refractivity (Wildman–Crippen MR) is 64.6 cm³/mol. The van der Waals surface area contributed by atoms with E-state index < -0.39 is 5.97 Å². The van der Waals surface area contributed by atoms with Crippen molar-refractivity contribution in [3.05, 3.63) is 0 Å². The number of carboxylic acid groups (broad SMARTS) is 1. The number of aliphatic carboxylic acids is 1. The van der Waals surface area contributed by atoms with Crippen molar-refractivity contribution >= 4 is 23.6 Å². The van der Waals surface area contributed by atoms with E-state index in [1.165, 1.54) is 11.8 Å². The van der Waals surface area contributed by atoms with Gasteiger partial charge in [0.1, 0.15) is 0 Å². The molecule has 0 aliphatic carbocycles. The van der Waals surface area contributed by atoms with Crippen LogP contribution in [-0.2, 0) is 9.59 Å². The summed E-state index contributed by atoms with van der Waals surface area (Å²) in [5.74, 6) is 1.02. The summed E-state index contributed by atoms with van der Waals surface area (Å²) in [6.07, 6.45) is 2.31. The number of carboxylic acids is 1. The van der Waals surface area contributed by atoms with Crippen LogP contribution in [0.15, 0.2) is 0 Å². The molecular weight excluding hydrogens is 226 g/mol. The lowest BCUT2D eigenvalue weighted by Crippen LogP contribution is -2.39. The summed E-state index contributed by atoms with van der Waals surface area (Å²) in [5.41, 5.74) is 0. The van der Waals surface area contributed by atoms with Crippen molar-refractivity contribution in [2.45, 2.75) is 26.2 Å². The highest BCUT2D eigenvalue weighted by Gasteiger charge is 2.19. The molecule has 1 aliphatic rings. The Morgan fingerprint density at radius 1 is 1.38 bits per heavy atom. The predicted octanol–water partition coefficient (Wildman–Crippen LogP) is 1.45. The molecule has 0 aromatic carbocycles. The van der Waals surface area contributed by atoms with Crippen LogP contribution in [0.5, 0.6) is 0 Å². The van der Waals surface area contributed by atoms with Gasteiger partial charge in [-0.2, -0.15) is 11.8 Å². The van der Waals surface area contributed by atoms with Crippen LogP contribution >= 0.6 is 11.8 Å². The van der Waals surface area contributed by atoms with E-state index in [4.69, 9.17) is 5.11 Å². The third kappa shape index (κ3) is 4.88. The fraction of sp³-hybridized carbons (Fsp3) is 0.818. The number of piperidine rings is 1. The number of likely N-dealkylation sites (tertiary alicyclic amines) is 1. The van der Waals surface area contributed by atoms with E-state index in [0.29, 0.717) is 11.5 Å². The topological polar surface area (TPSA) is 57.6 Å². The molecule has 5 heteroatoms. The van der Waals surface area contributed by atoms with Crippen molar-refractivity contribution < 1.29 is 14.7 Å². The fourth-order valence-corrected chi connectivity index (χ4v) is 2.49. The van der Waals surface area contributed by atoms with Crippen LogP contribution in [-0.4, -0.2) is 46.5 Å². The number of rotatable bonds is 5. The summed E-state index contributed by atoms with van der Waals surface area (Å²) < 4.78 is 0. The average Bonchev–Trinajstić information content (AvgIpc) is 2.25. The molecule has 0 aromatic heterocycles. The first-order valence-electron chi connectivity index (χ1n) is 5.67. The van der Waals surface area contributed by atoms with Gasteiger partial charge in [0.25, 0.3) is 0 Å². The molecule has 0 radical (unpaired) electrons. The number of carbonyl (C=O) groups excluding carboxylic acids is 1. The molecule has 1 N–H and O–H groups in total. The van der Waals surface area contributed by atoms with Gasteiger partial charge in [-0.1, -0.05) is 6.92 Å². The molecule has 0 atom stereocenters. The van der Waals surface area contributed by atoms with E-state index in [9.17, 15) is 9.59 Å². The SMILES string of the molecule is CC1CCN(C(=O)CSCCC(=O)O)CC1. The third-order valence-electron chi connectivity index (χ3n) is 2.82. The van der Waals surface area contributed by atoms with Crippen LogP contribution in [0.2, 0.25) is 0 Å². The Balaban J connectivity index is 2.12. The Labute approximate surface area is 100 Å². The van der Waals surface area contributed by atoms with Gasteiger partial charge < -0.3 is 10.0 Å².